The summed E-state index contributed by atoms with van der Waals surface area (Å²) in [6.45, 7) is 2.53. The van der Waals surface area contributed by atoms with Crippen molar-refractivity contribution >= 4 is 33.6 Å². The van der Waals surface area contributed by atoms with Crippen LogP contribution < -0.4 is 5.32 Å². The van der Waals surface area contributed by atoms with E-state index in [0.29, 0.717) is 19.4 Å². The third kappa shape index (κ3) is 3.72. The summed E-state index contributed by atoms with van der Waals surface area (Å²) in [7, 11) is 1.69. The van der Waals surface area contributed by atoms with E-state index in [0.717, 1.165) is 15.7 Å². The predicted molar refractivity (Wildman–Crippen MR) is 79.6 cm³/mol. The van der Waals surface area contributed by atoms with Crippen LogP contribution in [-0.4, -0.2) is 36.6 Å². The third-order valence-corrected chi connectivity index (χ3v) is 3.80. The first-order valence-corrected chi connectivity index (χ1v) is 7.23. The first-order chi connectivity index (χ1) is 9.45. The molecule has 1 saturated heterocycles. The number of benzene rings is 1. The van der Waals surface area contributed by atoms with E-state index in [4.69, 9.17) is 4.74 Å². The molecule has 1 unspecified atom stereocenters. The van der Waals surface area contributed by atoms with Gasteiger partial charge in [0.05, 0.1) is 12.2 Å². The van der Waals surface area contributed by atoms with Gasteiger partial charge in [-0.15, -0.1) is 0 Å². The van der Waals surface area contributed by atoms with Crippen LogP contribution in [0.3, 0.4) is 0 Å². The van der Waals surface area contributed by atoms with E-state index in [1.807, 2.05) is 25.1 Å². The number of aryl methyl sites for hydroxylation is 1. The number of rotatable bonds is 4. The smallest absolute Gasteiger partial charge is 0.409 e. The summed E-state index contributed by atoms with van der Waals surface area (Å²) in [4.78, 5) is 24.6. The second kappa shape index (κ2) is 6.26. The van der Waals surface area contributed by atoms with E-state index in [9.17, 15) is 9.59 Å². The highest BCUT2D eigenvalue weighted by molar-refractivity contribution is 9.10. The fourth-order valence-electron chi connectivity index (χ4n) is 2.03. The van der Waals surface area contributed by atoms with E-state index >= 15 is 0 Å². The fourth-order valence-corrected chi connectivity index (χ4v) is 2.62. The van der Waals surface area contributed by atoms with E-state index in [1.54, 1.807) is 7.05 Å². The first kappa shape index (κ1) is 14.8. The molecule has 1 atom stereocenters. The molecule has 108 valence electrons. The lowest BCUT2D eigenvalue weighted by Gasteiger charge is -2.10. The Hall–Kier alpha value is -1.56. The predicted octanol–water partition coefficient (Wildman–Crippen LogP) is 2.93. The number of carbonyl (C=O) groups is 2. The quantitative estimate of drug-likeness (QED) is 0.916. The summed E-state index contributed by atoms with van der Waals surface area (Å²) in [5.41, 5.74) is 1.87. The highest BCUT2D eigenvalue weighted by Gasteiger charge is 2.28. The van der Waals surface area contributed by atoms with Gasteiger partial charge in [0.15, 0.2) is 0 Å². The minimum atomic E-state index is -0.323. The summed E-state index contributed by atoms with van der Waals surface area (Å²) < 4.78 is 5.97. The number of hydrogen-bond acceptors (Lipinski definition) is 3. The van der Waals surface area contributed by atoms with Crippen LogP contribution in [0.15, 0.2) is 22.7 Å². The molecule has 6 heteroatoms. The van der Waals surface area contributed by atoms with Gasteiger partial charge in [-0.1, -0.05) is 6.07 Å². The van der Waals surface area contributed by atoms with Gasteiger partial charge in [0.1, 0.15) is 6.10 Å². The topological polar surface area (TPSA) is 58.6 Å². The summed E-state index contributed by atoms with van der Waals surface area (Å²) >= 11 is 3.42. The fraction of sp³-hybridized carbons (Fsp3) is 0.429. The Morgan fingerprint density at radius 1 is 1.55 bits per heavy atom. The van der Waals surface area contributed by atoms with Crippen LogP contribution in [0.1, 0.15) is 18.4 Å². The highest BCUT2D eigenvalue weighted by Crippen LogP contribution is 2.23. The van der Waals surface area contributed by atoms with Crippen molar-refractivity contribution in [1.29, 1.82) is 0 Å². The van der Waals surface area contributed by atoms with Crippen LogP contribution in [0.25, 0.3) is 0 Å². The average Bonchev–Trinajstić information content (AvgIpc) is 2.70. The van der Waals surface area contributed by atoms with Gasteiger partial charge in [0, 0.05) is 17.9 Å². The van der Waals surface area contributed by atoms with Crippen LogP contribution in [0.5, 0.6) is 0 Å². The number of nitrogens with one attached hydrogen (secondary N) is 1. The van der Waals surface area contributed by atoms with Crippen LogP contribution in [0.2, 0.25) is 0 Å². The lowest BCUT2D eigenvalue weighted by molar-refractivity contribution is -0.116. The maximum absolute atomic E-state index is 11.9. The highest BCUT2D eigenvalue weighted by atomic mass is 79.9. The maximum Gasteiger partial charge on any atom is 0.409 e. The molecule has 1 fully saturated rings. The monoisotopic (exact) mass is 340 g/mol. The van der Waals surface area contributed by atoms with Gasteiger partial charge < -0.3 is 15.0 Å². The summed E-state index contributed by atoms with van der Waals surface area (Å²) in [6, 6.07) is 5.75. The van der Waals surface area contributed by atoms with Gasteiger partial charge in [0.2, 0.25) is 5.91 Å². The van der Waals surface area contributed by atoms with Crippen molar-refractivity contribution in [3.63, 3.8) is 0 Å². The van der Waals surface area contributed by atoms with Gasteiger partial charge >= 0.3 is 6.09 Å². The molecule has 20 heavy (non-hydrogen) atoms. The van der Waals surface area contributed by atoms with Crippen molar-refractivity contribution in [2.45, 2.75) is 25.9 Å². The molecule has 0 radical (unpaired) electrons. The van der Waals surface area contributed by atoms with E-state index in [1.165, 1.54) is 4.90 Å². The molecule has 2 amide bonds. The molecule has 1 aromatic rings. The van der Waals surface area contributed by atoms with Crippen molar-refractivity contribution in [3.05, 3.63) is 28.2 Å². The van der Waals surface area contributed by atoms with Gasteiger partial charge in [-0.05, 0) is 47.0 Å². The SMILES string of the molecule is Cc1ccc(NC(=O)CCC2CN(C)C(=O)O2)c(Br)c1. The summed E-state index contributed by atoms with van der Waals surface area (Å²) in [5.74, 6) is -0.0832. The number of ether oxygens (including phenoxy) is 1. The molecule has 1 aromatic carbocycles. The van der Waals surface area contributed by atoms with E-state index in [2.05, 4.69) is 21.2 Å². The molecule has 0 bridgehead atoms. The van der Waals surface area contributed by atoms with Crippen molar-refractivity contribution < 1.29 is 14.3 Å². The van der Waals surface area contributed by atoms with Gasteiger partial charge in [-0.3, -0.25) is 4.79 Å². The lowest BCUT2D eigenvalue weighted by Crippen LogP contribution is -2.20. The second-order valence-electron chi connectivity index (χ2n) is 4.96. The van der Waals surface area contributed by atoms with Crippen LogP contribution in [0, 0.1) is 6.92 Å². The Morgan fingerprint density at radius 3 is 2.90 bits per heavy atom. The zero-order valence-electron chi connectivity index (χ0n) is 11.5. The van der Waals surface area contributed by atoms with E-state index < -0.39 is 0 Å². The van der Waals surface area contributed by atoms with Crippen molar-refractivity contribution in [2.75, 3.05) is 18.9 Å². The molecule has 1 heterocycles. The Balaban J connectivity index is 1.82. The van der Waals surface area contributed by atoms with Crippen LogP contribution in [0.4, 0.5) is 10.5 Å². The molecule has 1 aliphatic heterocycles. The van der Waals surface area contributed by atoms with E-state index in [-0.39, 0.29) is 18.1 Å². The molecule has 0 aliphatic carbocycles. The Bertz CT molecular complexity index is 533. The lowest BCUT2D eigenvalue weighted by atomic mass is 10.2. The molecule has 0 aromatic heterocycles. The minimum absolute atomic E-state index is 0.0832. The van der Waals surface area contributed by atoms with Crippen molar-refractivity contribution in [1.82, 2.24) is 4.90 Å². The van der Waals surface area contributed by atoms with Gasteiger partial charge in [-0.2, -0.15) is 0 Å². The summed E-state index contributed by atoms with van der Waals surface area (Å²) in [6.07, 6.45) is 0.341. The Kier molecular flexibility index (Phi) is 4.65. The van der Waals surface area contributed by atoms with Crippen molar-refractivity contribution in [3.8, 4) is 0 Å². The standard InChI is InChI=1S/C14H17BrN2O3/c1-9-3-5-12(11(15)7-9)16-13(18)6-4-10-8-17(2)14(19)20-10/h3,5,7,10H,4,6,8H2,1-2H3,(H,16,18). The first-order valence-electron chi connectivity index (χ1n) is 6.43. The Morgan fingerprint density at radius 2 is 2.30 bits per heavy atom. The number of nitrogens with zero attached hydrogens (tertiary/aromatic N) is 1. The number of anilines is 1. The molecule has 5 nitrogen and oxygen atoms in total. The normalized spacial score (nSPS) is 18.1. The second-order valence-corrected chi connectivity index (χ2v) is 5.81. The molecular formula is C14H17BrN2O3. The average molecular weight is 341 g/mol. The maximum atomic E-state index is 11.9. The number of hydrogen-bond donors (Lipinski definition) is 1. The molecule has 0 spiro atoms. The molecule has 1 N–H and O–H groups in total. The zero-order chi connectivity index (χ0) is 14.7. The molecular weight excluding hydrogens is 324 g/mol. The number of carbonyl (C=O) groups excluding carboxylic acids is 2. The molecule has 1 aliphatic rings. The summed E-state index contributed by atoms with van der Waals surface area (Å²) in [5, 5.41) is 2.84. The van der Waals surface area contributed by atoms with Crippen LogP contribution >= 0.6 is 15.9 Å². The number of halogens is 1. The zero-order valence-corrected chi connectivity index (χ0v) is 13.1. The number of likely N-dealkylation sites (N-methyl/N-ethyl adjacent to an activating group) is 1. The molecule has 2 rings (SSSR count). The number of cyclic esters (lactones) is 1. The minimum Gasteiger partial charge on any atom is -0.444 e. The number of amides is 2. The van der Waals surface area contributed by atoms with Gasteiger partial charge in [0.25, 0.3) is 0 Å². The van der Waals surface area contributed by atoms with Gasteiger partial charge in [-0.25, -0.2) is 4.79 Å². The van der Waals surface area contributed by atoms with Crippen molar-refractivity contribution in [2.24, 2.45) is 0 Å². The largest absolute Gasteiger partial charge is 0.444 e. The molecule has 0 saturated carbocycles. The third-order valence-electron chi connectivity index (χ3n) is 3.15. The van der Waals surface area contributed by atoms with Crippen LogP contribution in [-0.2, 0) is 9.53 Å². The Labute approximate surface area is 126 Å².